The lowest BCUT2D eigenvalue weighted by Crippen LogP contribution is -2.03. The molecular formula is C20H24O2. The number of ether oxygens (including phenoxy) is 2. The van der Waals surface area contributed by atoms with Crippen LogP contribution in [0.1, 0.15) is 30.9 Å². The van der Waals surface area contributed by atoms with Gasteiger partial charge in [0.1, 0.15) is 6.61 Å². The van der Waals surface area contributed by atoms with Crippen LogP contribution in [-0.4, -0.2) is 19.8 Å². The molecule has 0 N–H and O–H groups in total. The Morgan fingerprint density at radius 1 is 0.818 bits per heavy atom. The van der Waals surface area contributed by atoms with E-state index >= 15 is 0 Å². The van der Waals surface area contributed by atoms with Crippen LogP contribution < -0.4 is 0 Å². The number of benzene rings is 2. The average molecular weight is 296 g/mol. The zero-order chi connectivity index (χ0) is 15.5. The Kier molecular flexibility index (Phi) is 7.27. The van der Waals surface area contributed by atoms with E-state index in [1.165, 1.54) is 0 Å². The lowest BCUT2D eigenvalue weighted by molar-refractivity contribution is 0.0835. The summed E-state index contributed by atoms with van der Waals surface area (Å²) in [5, 5.41) is 0. The normalized spacial score (nSPS) is 10.2. The molecule has 0 saturated carbocycles. The lowest BCUT2D eigenvalue weighted by atomic mass is 9.99. The van der Waals surface area contributed by atoms with Crippen molar-refractivity contribution in [3.63, 3.8) is 0 Å². The largest absolute Gasteiger partial charge is 0.498 e. The van der Waals surface area contributed by atoms with Crippen molar-refractivity contribution in [2.75, 3.05) is 19.8 Å². The topological polar surface area (TPSA) is 18.5 Å². The molecule has 0 fully saturated rings. The van der Waals surface area contributed by atoms with Gasteiger partial charge in [-0.05, 0) is 17.5 Å². The maximum atomic E-state index is 5.70. The molecule has 0 heterocycles. The zero-order valence-electron chi connectivity index (χ0n) is 13.2. The van der Waals surface area contributed by atoms with Crippen LogP contribution in [0.15, 0.2) is 66.9 Å². The summed E-state index contributed by atoms with van der Waals surface area (Å²) >= 11 is 0. The maximum absolute atomic E-state index is 5.70. The summed E-state index contributed by atoms with van der Waals surface area (Å²) < 4.78 is 11.2. The molecule has 0 amide bonds. The third-order valence-corrected chi connectivity index (χ3v) is 3.36. The highest BCUT2D eigenvalue weighted by molar-refractivity contribution is 5.78. The predicted molar refractivity (Wildman–Crippen MR) is 91.6 cm³/mol. The molecular weight excluding hydrogens is 272 g/mol. The molecule has 2 nitrogen and oxygen atoms in total. The molecule has 22 heavy (non-hydrogen) atoms. The van der Waals surface area contributed by atoms with Gasteiger partial charge in [0, 0.05) is 12.2 Å². The third kappa shape index (κ3) is 5.38. The fraction of sp³-hybridized carbons (Fsp3) is 0.300. The second-order valence-electron chi connectivity index (χ2n) is 5.10. The van der Waals surface area contributed by atoms with Gasteiger partial charge in [0.15, 0.2) is 0 Å². The first-order chi connectivity index (χ1) is 10.9. The smallest absolute Gasteiger partial charge is 0.111 e. The van der Waals surface area contributed by atoms with Crippen molar-refractivity contribution in [2.45, 2.75) is 19.8 Å². The van der Waals surface area contributed by atoms with Crippen LogP contribution in [0.4, 0.5) is 0 Å². The van der Waals surface area contributed by atoms with Crippen molar-refractivity contribution in [1.82, 2.24) is 0 Å². The SMILES string of the molecule is CCCCOCCOC=C(c1ccccc1)c1ccccc1. The van der Waals surface area contributed by atoms with Gasteiger partial charge in [0.05, 0.1) is 12.9 Å². The summed E-state index contributed by atoms with van der Waals surface area (Å²) in [5.74, 6) is 0. The standard InChI is InChI=1S/C20H24O2/c1-2-3-14-21-15-16-22-17-20(18-10-6-4-7-11-18)19-12-8-5-9-13-19/h4-13,17H,2-3,14-16H2,1H3. The first-order valence-corrected chi connectivity index (χ1v) is 7.92. The first-order valence-electron chi connectivity index (χ1n) is 7.92. The van der Waals surface area contributed by atoms with Crippen molar-refractivity contribution in [1.29, 1.82) is 0 Å². The van der Waals surface area contributed by atoms with Gasteiger partial charge in [-0.25, -0.2) is 0 Å². The second-order valence-corrected chi connectivity index (χ2v) is 5.10. The Morgan fingerprint density at radius 2 is 1.41 bits per heavy atom. The minimum absolute atomic E-state index is 0.576. The summed E-state index contributed by atoms with van der Waals surface area (Å²) in [7, 11) is 0. The summed E-state index contributed by atoms with van der Waals surface area (Å²) in [4.78, 5) is 0. The van der Waals surface area contributed by atoms with Crippen LogP contribution in [0.2, 0.25) is 0 Å². The molecule has 0 bridgehead atoms. The molecule has 0 aromatic heterocycles. The molecule has 0 spiro atoms. The molecule has 2 aromatic carbocycles. The van der Waals surface area contributed by atoms with E-state index in [0.29, 0.717) is 13.2 Å². The number of rotatable bonds is 9. The minimum atomic E-state index is 0.576. The summed E-state index contributed by atoms with van der Waals surface area (Å²) in [6.45, 7) is 4.18. The Bertz CT molecular complexity index is 505. The summed E-state index contributed by atoms with van der Waals surface area (Å²) in [6.07, 6.45) is 4.11. The van der Waals surface area contributed by atoms with Crippen molar-refractivity contribution in [2.24, 2.45) is 0 Å². The van der Waals surface area contributed by atoms with Gasteiger partial charge < -0.3 is 9.47 Å². The molecule has 0 aliphatic rings. The fourth-order valence-corrected chi connectivity index (χ4v) is 2.14. The number of unbranched alkanes of at least 4 members (excludes halogenated alkanes) is 1. The fourth-order valence-electron chi connectivity index (χ4n) is 2.14. The van der Waals surface area contributed by atoms with Gasteiger partial charge in [0.25, 0.3) is 0 Å². The van der Waals surface area contributed by atoms with Gasteiger partial charge in [-0.3, -0.25) is 0 Å². The molecule has 0 atom stereocenters. The van der Waals surface area contributed by atoms with Crippen molar-refractivity contribution in [3.05, 3.63) is 78.1 Å². The van der Waals surface area contributed by atoms with Crippen LogP contribution in [0, 0.1) is 0 Å². The second kappa shape index (κ2) is 9.80. The predicted octanol–water partition coefficient (Wildman–Crippen LogP) is 4.91. The van der Waals surface area contributed by atoms with E-state index in [-0.39, 0.29) is 0 Å². The van der Waals surface area contributed by atoms with Gasteiger partial charge in [-0.15, -0.1) is 0 Å². The van der Waals surface area contributed by atoms with Gasteiger partial charge in [-0.2, -0.15) is 0 Å². The van der Waals surface area contributed by atoms with Gasteiger partial charge in [0.2, 0.25) is 0 Å². The van der Waals surface area contributed by atoms with Crippen LogP contribution in [-0.2, 0) is 9.47 Å². The molecule has 2 heteroatoms. The van der Waals surface area contributed by atoms with E-state index in [9.17, 15) is 0 Å². The van der Waals surface area contributed by atoms with E-state index in [2.05, 4.69) is 31.2 Å². The molecule has 116 valence electrons. The first kappa shape index (κ1) is 16.3. The quantitative estimate of drug-likeness (QED) is 0.483. The molecule has 2 rings (SSSR count). The molecule has 0 saturated heterocycles. The Labute approximate surface area is 133 Å². The van der Waals surface area contributed by atoms with E-state index in [0.717, 1.165) is 36.1 Å². The zero-order valence-corrected chi connectivity index (χ0v) is 13.2. The average Bonchev–Trinajstić information content (AvgIpc) is 2.59. The highest BCUT2D eigenvalue weighted by atomic mass is 16.5. The van der Waals surface area contributed by atoms with Gasteiger partial charge in [-0.1, -0.05) is 74.0 Å². The summed E-state index contributed by atoms with van der Waals surface area (Å²) in [5.41, 5.74) is 3.40. The molecule has 2 aromatic rings. The van der Waals surface area contributed by atoms with Crippen LogP contribution in [0.5, 0.6) is 0 Å². The number of hydrogen-bond acceptors (Lipinski definition) is 2. The highest BCUT2D eigenvalue weighted by Gasteiger charge is 2.04. The molecule has 0 aliphatic carbocycles. The lowest BCUT2D eigenvalue weighted by Gasteiger charge is -2.09. The third-order valence-electron chi connectivity index (χ3n) is 3.36. The Morgan fingerprint density at radius 3 is 1.95 bits per heavy atom. The summed E-state index contributed by atoms with van der Waals surface area (Å²) in [6, 6.07) is 20.6. The van der Waals surface area contributed by atoms with Crippen molar-refractivity contribution < 1.29 is 9.47 Å². The molecule has 0 aliphatic heterocycles. The van der Waals surface area contributed by atoms with E-state index in [4.69, 9.17) is 9.47 Å². The van der Waals surface area contributed by atoms with E-state index < -0.39 is 0 Å². The van der Waals surface area contributed by atoms with Crippen molar-refractivity contribution >= 4 is 5.57 Å². The van der Waals surface area contributed by atoms with Crippen LogP contribution >= 0.6 is 0 Å². The highest BCUT2D eigenvalue weighted by Crippen LogP contribution is 2.22. The minimum Gasteiger partial charge on any atom is -0.498 e. The van der Waals surface area contributed by atoms with E-state index in [1.807, 2.05) is 42.7 Å². The monoisotopic (exact) mass is 296 g/mol. The van der Waals surface area contributed by atoms with Crippen LogP contribution in [0.25, 0.3) is 5.57 Å². The van der Waals surface area contributed by atoms with Crippen molar-refractivity contribution in [3.8, 4) is 0 Å². The Hall–Kier alpha value is -2.06. The van der Waals surface area contributed by atoms with Crippen LogP contribution in [0.3, 0.4) is 0 Å². The molecule has 0 unspecified atom stereocenters. The Balaban J connectivity index is 1.98. The van der Waals surface area contributed by atoms with Gasteiger partial charge >= 0.3 is 0 Å². The maximum Gasteiger partial charge on any atom is 0.111 e. The molecule has 0 radical (unpaired) electrons. The van der Waals surface area contributed by atoms with E-state index in [1.54, 1.807) is 0 Å². The number of hydrogen-bond donors (Lipinski definition) is 0.